The molecule has 0 bridgehead atoms. The molecule has 0 atom stereocenters. The van der Waals surface area contributed by atoms with Crippen molar-refractivity contribution < 1.29 is 36.2 Å². The normalized spacial score (nSPS) is 12.8. The van der Waals surface area contributed by atoms with E-state index in [1.807, 2.05) is 0 Å². The first kappa shape index (κ1) is 16.5. The molecule has 0 aliphatic rings. The minimum atomic E-state index is -4.85. The van der Waals surface area contributed by atoms with Crippen LogP contribution < -0.4 is 0 Å². The molecular weight excluding hydrogens is 360 g/mol. The molecule has 10 heteroatoms. The summed E-state index contributed by atoms with van der Waals surface area (Å²) in [6, 6.07) is 7.46. The van der Waals surface area contributed by atoms with Crippen molar-refractivity contribution in [3.63, 3.8) is 0 Å². The highest BCUT2D eigenvalue weighted by Gasteiger charge is 2.23. The predicted molar refractivity (Wildman–Crippen MR) is 84.4 cm³/mol. The first-order valence-corrected chi connectivity index (χ1v) is 9.24. The third kappa shape index (κ3) is 2.65. The van der Waals surface area contributed by atoms with E-state index in [9.17, 15) is 27.0 Å². The minimum Gasteiger partial charge on any atom is -0.506 e. The summed E-state index contributed by atoms with van der Waals surface area (Å²) in [6.45, 7) is 0. The molecule has 0 spiro atoms. The zero-order valence-corrected chi connectivity index (χ0v) is 13.3. The first-order valence-electron chi connectivity index (χ1n) is 6.36. The number of phenolic OH excluding ortho intramolecular Hbond substituents is 2. The van der Waals surface area contributed by atoms with Gasteiger partial charge >= 0.3 is 10.1 Å². The summed E-state index contributed by atoms with van der Waals surface area (Å²) < 4.78 is 63.1. The van der Waals surface area contributed by atoms with Crippen LogP contribution in [-0.2, 0) is 20.2 Å². The van der Waals surface area contributed by atoms with Crippen LogP contribution in [0, 0.1) is 0 Å². The van der Waals surface area contributed by atoms with Gasteiger partial charge < -0.3 is 10.2 Å². The molecule has 0 unspecified atom stereocenters. The molecule has 3 aromatic carbocycles. The fourth-order valence-electron chi connectivity index (χ4n) is 2.49. The molecule has 8 nitrogen and oxygen atoms in total. The lowest BCUT2D eigenvalue weighted by molar-refractivity contribution is 0.414. The van der Waals surface area contributed by atoms with E-state index < -0.39 is 36.6 Å². The van der Waals surface area contributed by atoms with E-state index in [1.54, 1.807) is 0 Å². The molecule has 0 fully saturated rings. The minimum absolute atomic E-state index is 0.0348. The zero-order valence-electron chi connectivity index (χ0n) is 11.7. The van der Waals surface area contributed by atoms with Crippen LogP contribution in [0.15, 0.2) is 46.2 Å². The Morgan fingerprint density at radius 2 is 1.38 bits per heavy atom. The highest BCUT2D eigenvalue weighted by atomic mass is 32.2. The molecule has 0 radical (unpaired) electrons. The molecule has 0 amide bonds. The number of rotatable bonds is 2. The first-order chi connectivity index (χ1) is 11.0. The molecule has 3 aromatic rings. The van der Waals surface area contributed by atoms with Crippen LogP contribution >= 0.6 is 0 Å². The van der Waals surface area contributed by atoms with E-state index in [4.69, 9.17) is 9.11 Å². The number of hydrogen-bond acceptors (Lipinski definition) is 6. The van der Waals surface area contributed by atoms with Gasteiger partial charge in [-0.05, 0) is 46.5 Å². The summed E-state index contributed by atoms with van der Waals surface area (Å²) in [7, 11) is -9.25. The maximum atomic E-state index is 11.3. The number of fused-ring (bicyclic) bond motifs is 2. The van der Waals surface area contributed by atoms with Crippen molar-refractivity contribution in [1.82, 2.24) is 0 Å². The second-order valence-electron chi connectivity index (χ2n) is 5.11. The highest BCUT2D eigenvalue weighted by molar-refractivity contribution is 7.86. The van der Waals surface area contributed by atoms with Gasteiger partial charge in [0.25, 0.3) is 10.1 Å². The van der Waals surface area contributed by atoms with E-state index >= 15 is 0 Å². The van der Waals surface area contributed by atoms with E-state index in [-0.39, 0.29) is 15.7 Å². The smallest absolute Gasteiger partial charge is 0.301 e. The lowest BCUT2D eigenvalue weighted by atomic mass is 10.0. The van der Waals surface area contributed by atoms with Crippen LogP contribution in [0.1, 0.15) is 0 Å². The Balaban J connectivity index is 2.43. The van der Waals surface area contributed by atoms with Crippen LogP contribution in [0.2, 0.25) is 0 Å². The quantitative estimate of drug-likeness (QED) is 0.395. The van der Waals surface area contributed by atoms with Gasteiger partial charge in [-0.1, -0.05) is 6.07 Å². The average Bonchev–Trinajstić information content (AvgIpc) is 2.42. The molecule has 0 heterocycles. The van der Waals surface area contributed by atoms with Gasteiger partial charge in [0.1, 0.15) is 11.5 Å². The Morgan fingerprint density at radius 3 is 1.96 bits per heavy atom. The molecule has 24 heavy (non-hydrogen) atoms. The van der Waals surface area contributed by atoms with Crippen molar-refractivity contribution in [2.45, 2.75) is 9.79 Å². The van der Waals surface area contributed by atoms with Gasteiger partial charge in [0.15, 0.2) is 4.90 Å². The lowest BCUT2D eigenvalue weighted by Crippen LogP contribution is -2.00. The van der Waals surface area contributed by atoms with Gasteiger partial charge in [0.05, 0.1) is 4.90 Å². The number of benzene rings is 3. The van der Waals surface area contributed by atoms with E-state index in [1.165, 1.54) is 24.3 Å². The maximum Gasteiger partial charge on any atom is 0.301 e. The Morgan fingerprint density at radius 1 is 0.708 bits per heavy atom. The van der Waals surface area contributed by atoms with Crippen LogP contribution in [0.5, 0.6) is 11.5 Å². The van der Waals surface area contributed by atoms with Crippen LogP contribution in [0.3, 0.4) is 0 Å². The third-order valence-corrected chi connectivity index (χ3v) is 5.30. The van der Waals surface area contributed by atoms with Gasteiger partial charge in [-0.25, -0.2) is 0 Å². The molecule has 0 aliphatic heterocycles. The largest absolute Gasteiger partial charge is 0.506 e. The van der Waals surface area contributed by atoms with Crippen LogP contribution in [0.4, 0.5) is 0 Å². The van der Waals surface area contributed by atoms with E-state index in [2.05, 4.69) is 0 Å². The van der Waals surface area contributed by atoms with Crippen molar-refractivity contribution in [2.24, 2.45) is 0 Å². The Kier molecular flexibility index (Phi) is 3.46. The summed E-state index contributed by atoms with van der Waals surface area (Å²) in [5, 5.41) is 20.9. The second kappa shape index (κ2) is 5.05. The fraction of sp³-hybridized carbons (Fsp3) is 0. The Labute approximate surface area is 136 Å². The zero-order chi connectivity index (χ0) is 17.9. The maximum absolute atomic E-state index is 11.3. The molecule has 0 aromatic heterocycles. The molecular formula is C14H10O8S2. The van der Waals surface area contributed by atoms with Gasteiger partial charge in [-0.15, -0.1) is 0 Å². The number of hydrogen-bond donors (Lipinski definition) is 4. The van der Waals surface area contributed by atoms with E-state index in [0.29, 0.717) is 10.8 Å². The van der Waals surface area contributed by atoms with Gasteiger partial charge in [0.2, 0.25) is 0 Å². The third-order valence-electron chi connectivity index (χ3n) is 3.53. The van der Waals surface area contributed by atoms with Crippen LogP contribution in [0.25, 0.3) is 21.5 Å². The molecule has 0 aliphatic carbocycles. The summed E-state index contributed by atoms with van der Waals surface area (Å²) in [4.78, 5) is -1.35. The van der Waals surface area contributed by atoms with Gasteiger partial charge in [0, 0.05) is 5.39 Å². The molecule has 126 valence electrons. The van der Waals surface area contributed by atoms with Crippen molar-refractivity contribution in [2.75, 3.05) is 0 Å². The van der Waals surface area contributed by atoms with Crippen molar-refractivity contribution >= 4 is 41.8 Å². The second-order valence-corrected chi connectivity index (χ2v) is 7.89. The average molecular weight is 370 g/mol. The molecule has 3 rings (SSSR count). The van der Waals surface area contributed by atoms with Crippen LogP contribution in [-0.4, -0.2) is 36.2 Å². The lowest BCUT2D eigenvalue weighted by Gasteiger charge is -2.10. The standard InChI is InChI=1S/C14H10O8S2/c15-12-6-9-3-8-4-10(23(17,18)19)2-1-7(8)5-11(9)13(16)14(12)24(20,21)22/h1-6,15-16H,(H,17,18,19)(H,20,21,22). The van der Waals surface area contributed by atoms with Gasteiger partial charge in [-0.2, -0.15) is 16.8 Å². The summed E-state index contributed by atoms with van der Waals surface area (Å²) in [6.07, 6.45) is 0. The fourth-order valence-corrected chi connectivity index (χ4v) is 3.68. The van der Waals surface area contributed by atoms with Crippen molar-refractivity contribution in [3.8, 4) is 11.5 Å². The Hall–Kier alpha value is -2.40. The SMILES string of the molecule is O=S(=O)(O)c1ccc2cc3c(O)c(S(=O)(=O)O)c(O)cc3cc2c1. The molecule has 0 saturated heterocycles. The summed E-state index contributed by atoms with van der Waals surface area (Å²) in [5.74, 6) is -1.68. The van der Waals surface area contributed by atoms with E-state index in [0.717, 1.165) is 12.1 Å². The predicted octanol–water partition coefficient (Wildman–Crippen LogP) is 1.90. The molecule has 4 N–H and O–H groups in total. The number of phenols is 2. The molecule has 0 saturated carbocycles. The number of aromatic hydroxyl groups is 2. The van der Waals surface area contributed by atoms with Crippen molar-refractivity contribution in [1.29, 1.82) is 0 Å². The monoisotopic (exact) mass is 370 g/mol. The van der Waals surface area contributed by atoms with Gasteiger partial charge in [-0.3, -0.25) is 9.11 Å². The Bertz CT molecular complexity index is 1210. The summed E-state index contributed by atoms with van der Waals surface area (Å²) >= 11 is 0. The summed E-state index contributed by atoms with van der Waals surface area (Å²) in [5.41, 5.74) is 0. The highest BCUT2D eigenvalue weighted by Crippen LogP contribution is 2.40. The van der Waals surface area contributed by atoms with Crippen molar-refractivity contribution in [3.05, 3.63) is 36.4 Å². The topological polar surface area (TPSA) is 149 Å².